The average Bonchev–Trinajstić information content (AvgIpc) is 2.55. The number of aromatic amines is 1. The van der Waals surface area contributed by atoms with Crippen LogP contribution in [0.4, 0.5) is 5.69 Å². The van der Waals surface area contributed by atoms with Gasteiger partial charge in [0.2, 0.25) is 11.8 Å². The van der Waals surface area contributed by atoms with Gasteiger partial charge in [-0.15, -0.1) is 0 Å². The van der Waals surface area contributed by atoms with Crippen LogP contribution in [-0.2, 0) is 11.2 Å². The van der Waals surface area contributed by atoms with Gasteiger partial charge in [0.15, 0.2) is 0 Å². The Balaban J connectivity index is 2.06. The fraction of sp³-hybridized carbons (Fsp3) is 0.294. The van der Waals surface area contributed by atoms with Gasteiger partial charge in [-0.25, -0.2) is 4.98 Å². The first-order chi connectivity index (χ1) is 11.5. The molecule has 0 aliphatic carbocycles. The number of H-pyrrole nitrogens is 1. The van der Waals surface area contributed by atoms with Gasteiger partial charge in [-0.05, 0) is 37.5 Å². The van der Waals surface area contributed by atoms with Crippen LogP contribution in [0.3, 0.4) is 0 Å². The number of pyridine rings is 2. The molecular formula is C17H18N4O3. The van der Waals surface area contributed by atoms with E-state index in [1.165, 1.54) is 13.3 Å². The van der Waals surface area contributed by atoms with Gasteiger partial charge < -0.3 is 15.0 Å². The Kier molecular flexibility index (Phi) is 5.32. The van der Waals surface area contributed by atoms with E-state index in [9.17, 15) is 9.59 Å². The number of carbonyl (C=O) groups is 1. The fourth-order valence-electron chi connectivity index (χ4n) is 2.46. The van der Waals surface area contributed by atoms with Gasteiger partial charge in [-0.1, -0.05) is 0 Å². The van der Waals surface area contributed by atoms with Crippen LogP contribution in [0.2, 0.25) is 0 Å². The molecule has 0 spiro atoms. The smallest absolute Gasteiger partial charge is 0.266 e. The molecule has 2 heterocycles. The van der Waals surface area contributed by atoms with Crippen molar-refractivity contribution in [3.8, 4) is 11.9 Å². The summed E-state index contributed by atoms with van der Waals surface area (Å²) in [6.07, 6.45) is 2.17. The van der Waals surface area contributed by atoms with Crippen molar-refractivity contribution in [2.75, 3.05) is 12.4 Å². The maximum atomic E-state index is 12.1. The quantitative estimate of drug-likeness (QED) is 0.871. The van der Waals surface area contributed by atoms with Crippen LogP contribution in [0.5, 0.6) is 5.88 Å². The van der Waals surface area contributed by atoms with E-state index in [1.807, 2.05) is 6.07 Å². The predicted octanol–water partition coefficient (Wildman–Crippen LogP) is 1.84. The highest BCUT2D eigenvalue weighted by Gasteiger charge is 2.13. The lowest BCUT2D eigenvalue weighted by Crippen LogP contribution is -2.18. The van der Waals surface area contributed by atoms with E-state index in [0.717, 1.165) is 5.56 Å². The maximum Gasteiger partial charge on any atom is 0.266 e. The molecule has 0 saturated carbocycles. The van der Waals surface area contributed by atoms with Crippen LogP contribution >= 0.6 is 0 Å². The molecule has 24 heavy (non-hydrogen) atoms. The van der Waals surface area contributed by atoms with E-state index in [-0.39, 0.29) is 17.9 Å². The van der Waals surface area contributed by atoms with Crippen molar-refractivity contribution in [3.05, 3.63) is 51.1 Å². The Morgan fingerprint density at radius 3 is 2.75 bits per heavy atom. The second-order valence-corrected chi connectivity index (χ2v) is 5.31. The minimum Gasteiger partial charge on any atom is -0.481 e. The summed E-state index contributed by atoms with van der Waals surface area (Å²) in [4.78, 5) is 30.4. The van der Waals surface area contributed by atoms with Gasteiger partial charge in [0, 0.05) is 18.2 Å². The number of aromatic nitrogens is 2. The number of hydrogen-bond acceptors (Lipinski definition) is 5. The van der Waals surface area contributed by atoms with Gasteiger partial charge in [-0.3, -0.25) is 9.59 Å². The van der Waals surface area contributed by atoms with Crippen molar-refractivity contribution < 1.29 is 9.53 Å². The van der Waals surface area contributed by atoms with Crippen molar-refractivity contribution in [2.45, 2.75) is 26.7 Å². The van der Waals surface area contributed by atoms with Crippen molar-refractivity contribution in [3.63, 3.8) is 0 Å². The number of methoxy groups -OCH3 is 1. The number of anilines is 1. The van der Waals surface area contributed by atoms with Crippen molar-refractivity contribution in [1.82, 2.24) is 9.97 Å². The molecule has 0 aromatic carbocycles. The zero-order valence-corrected chi connectivity index (χ0v) is 13.8. The fourth-order valence-corrected chi connectivity index (χ4v) is 2.46. The second-order valence-electron chi connectivity index (χ2n) is 5.31. The molecule has 0 fully saturated rings. The number of nitriles is 1. The van der Waals surface area contributed by atoms with Gasteiger partial charge in [-0.2, -0.15) is 5.26 Å². The summed E-state index contributed by atoms with van der Waals surface area (Å²) in [7, 11) is 1.52. The third kappa shape index (κ3) is 3.79. The third-order valence-electron chi connectivity index (χ3n) is 3.75. The number of ether oxygens (including phenoxy) is 1. The summed E-state index contributed by atoms with van der Waals surface area (Å²) in [5.74, 6) is 0.294. The zero-order chi connectivity index (χ0) is 17.7. The summed E-state index contributed by atoms with van der Waals surface area (Å²) in [5, 5.41) is 11.8. The normalized spacial score (nSPS) is 10.1. The predicted molar refractivity (Wildman–Crippen MR) is 89.0 cm³/mol. The highest BCUT2D eigenvalue weighted by atomic mass is 16.5. The molecule has 7 heteroatoms. The van der Waals surface area contributed by atoms with Crippen LogP contribution in [0.25, 0.3) is 0 Å². The first kappa shape index (κ1) is 17.2. The summed E-state index contributed by atoms with van der Waals surface area (Å²) in [6.45, 7) is 3.48. The minimum absolute atomic E-state index is 0.0929. The molecule has 2 N–H and O–H groups in total. The summed E-state index contributed by atoms with van der Waals surface area (Å²) in [5.41, 5.74) is 2.39. The highest BCUT2D eigenvalue weighted by molar-refractivity contribution is 5.90. The molecule has 2 aromatic heterocycles. The number of nitrogens with one attached hydrogen (secondary N) is 2. The van der Waals surface area contributed by atoms with Crippen LogP contribution < -0.4 is 15.6 Å². The largest absolute Gasteiger partial charge is 0.481 e. The van der Waals surface area contributed by atoms with Gasteiger partial charge in [0.1, 0.15) is 11.6 Å². The Morgan fingerprint density at radius 1 is 1.42 bits per heavy atom. The Labute approximate surface area is 139 Å². The Hall–Kier alpha value is -3.14. The molecular weight excluding hydrogens is 308 g/mol. The number of carbonyl (C=O) groups excluding carboxylic acids is 1. The van der Waals surface area contributed by atoms with E-state index < -0.39 is 5.56 Å². The van der Waals surface area contributed by atoms with Crippen LogP contribution in [0.15, 0.2) is 23.1 Å². The lowest BCUT2D eigenvalue weighted by atomic mass is 9.99. The van der Waals surface area contributed by atoms with Crippen molar-refractivity contribution in [2.24, 2.45) is 0 Å². The monoisotopic (exact) mass is 326 g/mol. The second kappa shape index (κ2) is 7.42. The Bertz CT molecular complexity index is 848. The van der Waals surface area contributed by atoms with E-state index in [4.69, 9.17) is 10.00 Å². The van der Waals surface area contributed by atoms with E-state index in [1.54, 1.807) is 26.0 Å². The van der Waals surface area contributed by atoms with E-state index >= 15 is 0 Å². The van der Waals surface area contributed by atoms with Gasteiger partial charge in [0.25, 0.3) is 5.56 Å². The third-order valence-corrected chi connectivity index (χ3v) is 3.75. The van der Waals surface area contributed by atoms with Gasteiger partial charge in [0.05, 0.1) is 19.0 Å². The molecule has 124 valence electrons. The summed E-state index contributed by atoms with van der Waals surface area (Å²) < 4.78 is 4.96. The number of rotatable bonds is 5. The lowest BCUT2D eigenvalue weighted by Gasteiger charge is -2.11. The zero-order valence-electron chi connectivity index (χ0n) is 13.8. The molecule has 0 bridgehead atoms. The van der Waals surface area contributed by atoms with Crippen LogP contribution in [0.1, 0.15) is 28.8 Å². The maximum absolute atomic E-state index is 12.1. The molecule has 0 saturated heterocycles. The van der Waals surface area contributed by atoms with Gasteiger partial charge >= 0.3 is 0 Å². The number of hydrogen-bond donors (Lipinski definition) is 2. The van der Waals surface area contributed by atoms with Crippen LogP contribution in [0, 0.1) is 25.2 Å². The molecule has 1 amide bonds. The lowest BCUT2D eigenvalue weighted by molar-refractivity contribution is -0.116. The molecule has 0 aliphatic heterocycles. The van der Waals surface area contributed by atoms with Crippen molar-refractivity contribution >= 4 is 11.6 Å². The topological polar surface area (TPSA) is 108 Å². The Morgan fingerprint density at radius 2 is 2.17 bits per heavy atom. The van der Waals surface area contributed by atoms with E-state index in [2.05, 4.69) is 15.3 Å². The van der Waals surface area contributed by atoms with Crippen molar-refractivity contribution in [1.29, 1.82) is 5.26 Å². The van der Waals surface area contributed by atoms with Crippen LogP contribution in [-0.4, -0.2) is 23.0 Å². The molecule has 7 nitrogen and oxygen atoms in total. The standard InChI is InChI=1S/C17H18N4O3/c1-10-13(11(2)20-17(23)14(10)8-18)5-6-15(22)21-12-4-7-16(24-3)19-9-12/h4,7,9H,5-6H2,1-3H3,(H,20,23)(H,21,22). The molecule has 0 unspecified atom stereocenters. The SMILES string of the molecule is COc1ccc(NC(=O)CCc2c(C)[nH]c(=O)c(C#N)c2C)cn1. The first-order valence-electron chi connectivity index (χ1n) is 7.38. The molecule has 2 aromatic rings. The molecule has 0 radical (unpaired) electrons. The minimum atomic E-state index is -0.398. The number of amides is 1. The van der Waals surface area contributed by atoms with E-state index in [0.29, 0.717) is 29.2 Å². The highest BCUT2D eigenvalue weighted by Crippen LogP contribution is 2.16. The number of nitrogens with zero attached hydrogens (tertiary/aromatic N) is 2. The summed E-state index contributed by atoms with van der Waals surface area (Å²) >= 11 is 0. The number of aryl methyl sites for hydroxylation is 1. The molecule has 0 aliphatic rings. The average molecular weight is 326 g/mol. The first-order valence-corrected chi connectivity index (χ1v) is 7.38. The summed E-state index contributed by atoms with van der Waals surface area (Å²) in [6, 6.07) is 5.27. The molecule has 2 rings (SSSR count). The molecule has 0 atom stereocenters.